The van der Waals surface area contributed by atoms with E-state index in [-0.39, 0.29) is 18.2 Å². The molecule has 2 fully saturated rings. The highest BCUT2D eigenvalue weighted by Crippen LogP contribution is 2.39. The van der Waals surface area contributed by atoms with Crippen LogP contribution in [0.5, 0.6) is 0 Å². The summed E-state index contributed by atoms with van der Waals surface area (Å²) in [6.07, 6.45) is 5.33. The van der Waals surface area contributed by atoms with Gasteiger partial charge in [-0.15, -0.1) is 0 Å². The van der Waals surface area contributed by atoms with Crippen LogP contribution in [0.15, 0.2) is 0 Å². The Bertz CT molecular complexity index is 436. The van der Waals surface area contributed by atoms with Crippen LogP contribution in [-0.2, 0) is 4.79 Å². The van der Waals surface area contributed by atoms with Gasteiger partial charge in [0.1, 0.15) is 5.54 Å². The summed E-state index contributed by atoms with van der Waals surface area (Å²) < 4.78 is 0. The molecule has 1 heterocycles. The molecule has 0 bridgehead atoms. The number of nitrogens with two attached hydrogens (primary N) is 1. The van der Waals surface area contributed by atoms with Gasteiger partial charge in [0.25, 0.3) is 0 Å². The van der Waals surface area contributed by atoms with Gasteiger partial charge >= 0.3 is 13.1 Å². The van der Waals surface area contributed by atoms with Gasteiger partial charge in [-0.2, -0.15) is 0 Å². The molecule has 2 aliphatic rings. The van der Waals surface area contributed by atoms with Crippen molar-refractivity contribution in [2.45, 2.75) is 64.2 Å². The van der Waals surface area contributed by atoms with Crippen LogP contribution in [0.3, 0.4) is 0 Å². The van der Waals surface area contributed by atoms with Crippen molar-refractivity contribution < 1.29 is 19.9 Å². The van der Waals surface area contributed by atoms with Crippen LogP contribution in [-0.4, -0.2) is 58.3 Å². The third-order valence-electron chi connectivity index (χ3n) is 6.20. The lowest BCUT2D eigenvalue weighted by Crippen LogP contribution is -2.60. The molecule has 138 valence electrons. The molecule has 0 aromatic rings. The quantitative estimate of drug-likeness (QED) is 0.541. The molecule has 1 saturated carbocycles. The molecule has 6 nitrogen and oxygen atoms in total. The molecule has 1 saturated heterocycles. The largest absolute Gasteiger partial charge is 0.480 e. The predicted octanol–water partition coefficient (Wildman–Crippen LogP) is 1.17. The second-order valence-corrected chi connectivity index (χ2v) is 8.71. The summed E-state index contributed by atoms with van der Waals surface area (Å²) in [5.41, 5.74) is 5.54. The summed E-state index contributed by atoms with van der Waals surface area (Å²) in [6, 6.07) is 0. The van der Waals surface area contributed by atoms with E-state index in [2.05, 4.69) is 18.7 Å². The lowest BCUT2D eigenvalue weighted by Gasteiger charge is -2.45. The number of hydrogen-bond donors (Lipinski definition) is 4. The van der Waals surface area contributed by atoms with E-state index >= 15 is 0 Å². The molecule has 0 radical (unpaired) electrons. The molecule has 24 heavy (non-hydrogen) atoms. The van der Waals surface area contributed by atoms with Crippen molar-refractivity contribution in [1.82, 2.24) is 4.90 Å². The second-order valence-electron chi connectivity index (χ2n) is 8.71. The van der Waals surface area contributed by atoms with Gasteiger partial charge < -0.3 is 25.8 Å². The molecule has 2 rings (SSSR count). The number of rotatable bonds is 6. The molecule has 3 atom stereocenters. The van der Waals surface area contributed by atoms with Crippen molar-refractivity contribution >= 4 is 13.1 Å². The molecule has 5 N–H and O–H groups in total. The lowest BCUT2D eigenvalue weighted by atomic mass is 9.66. The van der Waals surface area contributed by atoms with Gasteiger partial charge in [0.15, 0.2) is 0 Å². The second kappa shape index (κ2) is 7.73. The van der Waals surface area contributed by atoms with E-state index in [0.29, 0.717) is 18.3 Å². The number of hydrogen-bond acceptors (Lipinski definition) is 5. The molecule has 1 aliphatic heterocycles. The number of carbonyl (C=O) groups is 1. The van der Waals surface area contributed by atoms with E-state index in [1.165, 1.54) is 0 Å². The minimum atomic E-state index is -1.32. The zero-order valence-electron chi connectivity index (χ0n) is 15.1. The van der Waals surface area contributed by atoms with Gasteiger partial charge in [0.05, 0.1) is 0 Å². The molecule has 7 heteroatoms. The number of likely N-dealkylation sites (tertiary alicyclic amines) is 1. The van der Waals surface area contributed by atoms with E-state index in [0.717, 1.165) is 45.3 Å². The molecule has 0 aromatic heterocycles. The van der Waals surface area contributed by atoms with Crippen LogP contribution in [0.4, 0.5) is 0 Å². The lowest BCUT2D eigenvalue weighted by molar-refractivity contribution is -0.148. The number of carboxylic acid groups (broad SMARTS) is 1. The van der Waals surface area contributed by atoms with Crippen LogP contribution >= 0.6 is 0 Å². The highest BCUT2D eigenvalue weighted by Gasteiger charge is 2.47. The topological polar surface area (TPSA) is 107 Å². The van der Waals surface area contributed by atoms with Gasteiger partial charge in [-0.1, -0.05) is 20.3 Å². The minimum Gasteiger partial charge on any atom is -0.480 e. The van der Waals surface area contributed by atoms with Crippen molar-refractivity contribution in [3.8, 4) is 0 Å². The Morgan fingerprint density at radius 3 is 2.42 bits per heavy atom. The summed E-state index contributed by atoms with van der Waals surface area (Å²) >= 11 is 0. The molecule has 0 amide bonds. The average molecular weight is 340 g/mol. The first-order valence-electron chi connectivity index (χ1n) is 9.23. The van der Waals surface area contributed by atoms with Crippen molar-refractivity contribution in [2.24, 2.45) is 23.0 Å². The van der Waals surface area contributed by atoms with E-state index in [1.807, 2.05) is 0 Å². The SMILES string of the molecule is CC1(C)CCN(C[C@@H]2CCC(CCB(O)O)C[C@]2(N)C(=O)O)CC1. The van der Waals surface area contributed by atoms with Crippen LogP contribution < -0.4 is 5.73 Å². The molecule has 1 aliphatic carbocycles. The molecular weight excluding hydrogens is 307 g/mol. The van der Waals surface area contributed by atoms with Crippen molar-refractivity contribution in [3.05, 3.63) is 0 Å². The Hall–Kier alpha value is -0.625. The Kier molecular flexibility index (Phi) is 6.34. The maximum atomic E-state index is 11.9. The maximum absolute atomic E-state index is 11.9. The van der Waals surface area contributed by atoms with Gasteiger partial charge in [-0.05, 0) is 62.8 Å². The van der Waals surface area contributed by atoms with Crippen LogP contribution in [0.25, 0.3) is 0 Å². The fraction of sp³-hybridized carbons (Fsp3) is 0.941. The first-order valence-corrected chi connectivity index (χ1v) is 9.23. The molecule has 0 spiro atoms. The fourth-order valence-electron chi connectivity index (χ4n) is 4.24. The van der Waals surface area contributed by atoms with Crippen LogP contribution in [0.1, 0.15) is 52.4 Å². The zero-order chi connectivity index (χ0) is 18.0. The van der Waals surface area contributed by atoms with E-state index in [1.54, 1.807) is 0 Å². The molecular formula is C17H33BN2O4. The normalized spacial score (nSPS) is 34.0. The number of nitrogens with zero attached hydrogens (tertiary/aromatic N) is 1. The fourth-order valence-corrected chi connectivity index (χ4v) is 4.24. The number of aliphatic carboxylic acids is 1. The standard InChI is InChI=1S/C17H33BN2O4/c1-16(2)6-9-20(10-7-16)12-14-4-3-13(5-8-18(23)24)11-17(14,19)15(21)22/h13-14,23-24H,3-12,19H2,1-2H3,(H,21,22)/t13?,14-,17+/m0/s1. The van der Waals surface area contributed by atoms with E-state index in [9.17, 15) is 9.90 Å². The van der Waals surface area contributed by atoms with E-state index < -0.39 is 18.6 Å². The molecule has 1 unspecified atom stereocenters. The van der Waals surface area contributed by atoms with Crippen LogP contribution in [0, 0.1) is 17.3 Å². The number of piperidine rings is 1. The Morgan fingerprint density at radius 1 is 1.25 bits per heavy atom. The van der Waals surface area contributed by atoms with Gasteiger partial charge in [-0.25, -0.2) is 0 Å². The smallest absolute Gasteiger partial charge is 0.451 e. The zero-order valence-corrected chi connectivity index (χ0v) is 15.1. The first-order chi connectivity index (χ1) is 11.1. The van der Waals surface area contributed by atoms with Gasteiger partial charge in [0.2, 0.25) is 0 Å². The van der Waals surface area contributed by atoms with E-state index in [4.69, 9.17) is 15.8 Å². The van der Waals surface area contributed by atoms with Gasteiger partial charge in [0, 0.05) is 12.5 Å². The van der Waals surface area contributed by atoms with Crippen molar-refractivity contribution in [1.29, 1.82) is 0 Å². The van der Waals surface area contributed by atoms with Crippen molar-refractivity contribution in [3.63, 3.8) is 0 Å². The Balaban J connectivity index is 1.95. The summed E-state index contributed by atoms with van der Waals surface area (Å²) in [4.78, 5) is 14.2. The molecule has 0 aromatic carbocycles. The minimum absolute atomic E-state index is 0.0356. The Morgan fingerprint density at radius 2 is 1.88 bits per heavy atom. The highest BCUT2D eigenvalue weighted by atomic mass is 16.4. The summed E-state index contributed by atoms with van der Waals surface area (Å²) in [6.45, 7) is 7.36. The summed E-state index contributed by atoms with van der Waals surface area (Å²) in [5, 5.41) is 27.8. The van der Waals surface area contributed by atoms with Crippen molar-refractivity contribution in [2.75, 3.05) is 19.6 Å². The summed E-state index contributed by atoms with van der Waals surface area (Å²) in [5.74, 6) is -0.796. The number of carboxylic acids is 1. The average Bonchev–Trinajstić information content (AvgIpc) is 2.49. The van der Waals surface area contributed by atoms with Gasteiger partial charge in [-0.3, -0.25) is 4.79 Å². The third kappa shape index (κ3) is 4.94. The third-order valence-corrected chi connectivity index (χ3v) is 6.20. The maximum Gasteiger partial charge on any atom is 0.451 e. The highest BCUT2D eigenvalue weighted by molar-refractivity contribution is 6.40. The van der Waals surface area contributed by atoms with Crippen LogP contribution in [0.2, 0.25) is 6.32 Å². The monoisotopic (exact) mass is 340 g/mol. The predicted molar refractivity (Wildman–Crippen MR) is 94.5 cm³/mol. The first kappa shape index (κ1) is 19.7. The Labute approximate surface area is 145 Å². The summed E-state index contributed by atoms with van der Waals surface area (Å²) in [7, 11) is -1.32.